The maximum atomic E-state index is 11.2. The topological polar surface area (TPSA) is 58.6 Å². The summed E-state index contributed by atoms with van der Waals surface area (Å²) in [5.41, 5.74) is 0.786. The molecule has 1 aromatic rings. The first-order chi connectivity index (χ1) is 9.11. The van der Waals surface area contributed by atoms with Crippen LogP contribution in [-0.4, -0.2) is 30.3 Å². The van der Waals surface area contributed by atoms with Gasteiger partial charge in [0, 0.05) is 6.61 Å². The lowest BCUT2D eigenvalue weighted by molar-refractivity contribution is -0.139. The molecule has 4 nitrogen and oxygen atoms in total. The fourth-order valence-corrected chi connectivity index (χ4v) is 1.79. The van der Waals surface area contributed by atoms with Gasteiger partial charge in [-0.1, -0.05) is 30.3 Å². The molecule has 2 N–H and O–H groups in total. The standard InChI is InChI=1S/C15H23NO3/c1-12(2)19-11-7-6-10-16-14(15(17)18)13-8-4-3-5-9-13/h3-5,8-9,12,14,16H,6-7,10-11H2,1-2H3,(H,17,18). The first kappa shape index (κ1) is 15.7. The third-order valence-electron chi connectivity index (χ3n) is 2.75. The molecule has 1 rings (SSSR count). The third-order valence-corrected chi connectivity index (χ3v) is 2.75. The summed E-state index contributed by atoms with van der Waals surface area (Å²) >= 11 is 0. The number of rotatable bonds is 9. The van der Waals surface area contributed by atoms with Crippen molar-refractivity contribution in [3.8, 4) is 0 Å². The highest BCUT2D eigenvalue weighted by molar-refractivity contribution is 5.75. The predicted molar refractivity (Wildman–Crippen MR) is 75.1 cm³/mol. The molecule has 0 aromatic heterocycles. The number of unbranched alkanes of at least 4 members (excludes halogenated alkanes) is 1. The van der Waals surface area contributed by atoms with Crippen molar-refractivity contribution >= 4 is 5.97 Å². The van der Waals surface area contributed by atoms with Crippen LogP contribution in [0.3, 0.4) is 0 Å². The average molecular weight is 265 g/mol. The molecule has 0 spiro atoms. The van der Waals surface area contributed by atoms with Gasteiger partial charge in [-0.25, -0.2) is 0 Å². The molecule has 0 aliphatic carbocycles. The van der Waals surface area contributed by atoms with Crippen molar-refractivity contribution in [2.45, 2.75) is 38.8 Å². The summed E-state index contributed by atoms with van der Waals surface area (Å²) in [4.78, 5) is 11.2. The number of nitrogens with one attached hydrogen (secondary N) is 1. The van der Waals surface area contributed by atoms with Crippen molar-refractivity contribution in [1.29, 1.82) is 0 Å². The third kappa shape index (κ3) is 6.36. The van der Waals surface area contributed by atoms with E-state index in [1.807, 2.05) is 44.2 Å². The van der Waals surface area contributed by atoms with Crippen LogP contribution in [0.4, 0.5) is 0 Å². The summed E-state index contributed by atoms with van der Waals surface area (Å²) in [6, 6.07) is 8.60. The van der Waals surface area contributed by atoms with E-state index >= 15 is 0 Å². The number of carboxylic acid groups (broad SMARTS) is 1. The number of carboxylic acids is 1. The Kier molecular flexibility index (Phi) is 7.15. The van der Waals surface area contributed by atoms with Crippen LogP contribution in [-0.2, 0) is 9.53 Å². The Morgan fingerprint density at radius 1 is 1.26 bits per heavy atom. The van der Waals surface area contributed by atoms with E-state index < -0.39 is 12.0 Å². The van der Waals surface area contributed by atoms with E-state index in [0.717, 1.165) is 25.0 Å². The molecule has 106 valence electrons. The predicted octanol–water partition coefficient (Wildman–Crippen LogP) is 2.61. The summed E-state index contributed by atoms with van der Waals surface area (Å²) in [5.74, 6) is -0.843. The van der Waals surface area contributed by atoms with Crippen LogP contribution in [0.5, 0.6) is 0 Å². The molecule has 19 heavy (non-hydrogen) atoms. The van der Waals surface area contributed by atoms with Gasteiger partial charge in [0.15, 0.2) is 0 Å². The second kappa shape index (κ2) is 8.67. The van der Waals surface area contributed by atoms with Gasteiger partial charge in [-0.05, 0) is 38.8 Å². The number of ether oxygens (including phenoxy) is 1. The number of carbonyl (C=O) groups is 1. The summed E-state index contributed by atoms with van der Waals surface area (Å²) in [6.45, 7) is 5.41. The zero-order valence-electron chi connectivity index (χ0n) is 11.6. The minimum atomic E-state index is -0.843. The summed E-state index contributed by atoms with van der Waals surface area (Å²) in [7, 11) is 0. The molecule has 1 atom stereocenters. The van der Waals surface area contributed by atoms with E-state index in [0.29, 0.717) is 6.54 Å². The van der Waals surface area contributed by atoms with Crippen LogP contribution in [0, 0.1) is 0 Å². The molecule has 0 saturated heterocycles. The number of aliphatic carboxylic acids is 1. The van der Waals surface area contributed by atoms with Gasteiger partial charge < -0.3 is 15.2 Å². The highest BCUT2D eigenvalue weighted by atomic mass is 16.5. The average Bonchev–Trinajstić information content (AvgIpc) is 2.38. The molecule has 0 saturated carbocycles. The molecule has 0 bridgehead atoms. The van der Waals surface area contributed by atoms with Crippen LogP contribution in [0.15, 0.2) is 30.3 Å². The maximum absolute atomic E-state index is 11.2. The van der Waals surface area contributed by atoms with E-state index in [-0.39, 0.29) is 6.10 Å². The number of hydrogen-bond donors (Lipinski definition) is 2. The second-order valence-corrected chi connectivity index (χ2v) is 4.76. The SMILES string of the molecule is CC(C)OCCCCNC(C(=O)O)c1ccccc1. The number of hydrogen-bond acceptors (Lipinski definition) is 3. The Morgan fingerprint density at radius 3 is 2.53 bits per heavy atom. The van der Waals surface area contributed by atoms with Crippen molar-refractivity contribution < 1.29 is 14.6 Å². The lowest BCUT2D eigenvalue weighted by Crippen LogP contribution is -2.29. The molecule has 0 amide bonds. The molecule has 0 heterocycles. The van der Waals surface area contributed by atoms with E-state index in [4.69, 9.17) is 4.74 Å². The fraction of sp³-hybridized carbons (Fsp3) is 0.533. The smallest absolute Gasteiger partial charge is 0.325 e. The van der Waals surface area contributed by atoms with Crippen molar-refractivity contribution in [3.05, 3.63) is 35.9 Å². The van der Waals surface area contributed by atoms with Gasteiger partial charge in [0.25, 0.3) is 0 Å². The zero-order valence-corrected chi connectivity index (χ0v) is 11.6. The second-order valence-electron chi connectivity index (χ2n) is 4.76. The minimum absolute atomic E-state index is 0.254. The lowest BCUT2D eigenvalue weighted by atomic mass is 10.1. The van der Waals surface area contributed by atoms with Crippen LogP contribution in [0.25, 0.3) is 0 Å². The molecular formula is C15H23NO3. The zero-order chi connectivity index (χ0) is 14.1. The number of benzene rings is 1. The Balaban J connectivity index is 2.30. The van der Waals surface area contributed by atoms with Crippen LogP contribution in [0.1, 0.15) is 38.3 Å². The highest BCUT2D eigenvalue weighted by Gasteiger charge is 2.17. The van der Waals surface area contributed by atoms with E-state index in [9.17, 15) is 9.90 Å². The molecule has 0 radical (unpaired) electrons. The maximum Gasteiger partial charge on any atom is 0.325 e. The van der Waals surface area contributed by atoms with Crippen LogP contribution in [0.2, 0.25) is 0 Å². The monoisotopic (exact) mass is 265 g/mol. The molecular weight excluding hydrogens is 242 g/mol. The highest BCUT2D eigenvalue weighted by Crippen LogP contribution is 2.12. The molecule has 1 aromatic carbocycles. The summed E-state index contributed by atoms with van der Waals surface area (Å²) in [6.07, 6.45) is 2.10. The normalized spacial score (nSPS) is 12.6. The largest absolute Gasteiger partial charge is 0.480 e. The molecule has 0 aliphatic heterocycles. The van der Waals surface area contributed by atoms with Crippen molar-refractivity contribution in [2.24, 2.45) is 0 Å². The molecule has 0 aliphatic rings. The van der Waals surface area contributed by atoms with E-state index in [2.05, 4.69) is 5.32 Å². The van der Waals surface area contributed by atoms with Gasteiger partial charge >= 0.3 is 5.97 Å². The van der Waals surface area contributed by atoms with Gasteiger partial charge in [0.1, 0.15) is 6.04 Å². The summed E-state index contributed by atoms with van der Waals surface area (Å²) in [5, 5.41) is 12.3. The molecule has 1 unspecified atom stereocenters. The minimum Gasteiger partial charge on any atom is -0.480 e. The first-order valence-electron chi connectivity index (χ1n) is 6.74. The quantitative estimate of drug-likeness (QED) is 0.674. The van der Waals surface area contributed by atoms with E-state index in [1.54, 1.807) is 0 Å². The summed E-state index contributed by atoms with van der Waals surface area (Å²) < 4.78 is 5.44. The van der Waals surface area contributed by atoms with Crippen molar-refractivity contribution in [2.75, 3.05) is 13.2 Å². The Bertz CT molecular complexity index is 365. The van der Waals surface area contributed by atoms with Gasteiger partial charge in [-0.2, -0.15) is 0 Å². The van der Waals surface area contributed by atoms with Gasteiger partial charge in [-0.3, -0.25) is 4.79 Å². The van der Waals surface area contributed by atoms with Crippen molar-refractivity contribution in [1.82, 2.24) is 5.32 Å². The van der Waals surface area contributed by atoms with E-state index in [1.165, 1.54) is 0 Å². The Hall–Kier alpha value is -1.39. The Morgan fingerprint density at radius 2 is 1.95 bits per heavy atom. The Labute approximate surface area is 114 Å². The van der Waals surface area contributed by atoms with Crippen LogP contribution >= 0.6 is 0 Å². The molecule has 0 fully saturated rings. The first-order valence-corrected chi connectivity index (χ1v) is 6.74. The van der Waals surface area contributed by atoms with Gasteiger partial charge in [0.05, 0.1) is 6.10 Å². The lowest BCUT2D eigenvalue weighted by Gasteiger charge is -2.15. The molecule has 4 heteroatoms. The fourth-order valence-electron chi connectivity index (χ4n) is 1.79. The van der Waals surface area contributed by atoms with Crippen LogP contribution < -0.4 is 5.32 Å². The van der Waals surface area contributed by atoms with Gasteiger partial charge in [0.2, 0.25) is 0 Å². The van der Waals surface area contributed by atoms with Gasteiger partial charge in [-0.15, -0.1) is 0 Å². The van der Waals surface area contributed by atoms with Crippen molar-refractivity contribution in [3.63, 3.8) is 0 Å².